The van der Waals surface area contributed by atoms with Crippen molar-refractivity contribution in [3.63, 3.8) is 0 Å². The highest BCUT2D eigenvalue weighted by Gasteiger charge is 2.25. The summed E-state index contributed by atoms with van der Waals surface area (Å²) < 4.78 is 0. The van der Waals surface area contributed by atoms with Crippen LogP contribution >= 0.6 is 11.8 Å². The van der Waals surface area contributed by atoms with Crippen molar-refractivity contribution in [3.05, 3.63) is 29.8 Å². The Kier molecular flexibility index (Phi) is 4.66. The van der Waals surface area contributed by atoms with E-state index in [1.165, 1.54) is 10.5 Å². The zero-order valence-corrected chi connectivity index (χ0v) is 11.4. The van der Waals surface area contributed by atoms with Crippen LogP contribution in [0.25, 0.3) is 0 Å². The van der Waals surface area contributed by atoms with Crippen LogP contribution in [0.5, 0.6) is 0 Å². The molecule has 1 unspecified atom stereocenters. The molecule has 0 saturated carbocycles. The molecular formula is C14H19NO2S. The highest BCUT2D eigenvalue weighted by molar-refractivity contribution is 7.99. The molecule has 0 aliphatic carbocycles. The van der Waals surface area contributed by atoms with Crippen LogP contribution in [-0.2, 0) is 4.79 Å². The van der Waals surface area contributed by atoms with E-state index in [1.807, 2.05) is 11.8 Å². The lowest BCUT2D eigenvalue weighted by Gasteiger charge is -2.34. The number of carboxylic acids is 1. The molecule has 0 saturated heterocycles. The van der Waals surface area contributed by atoms with Crippen molar-refractivity contribution in [3.8, 4) is 0 Å². The van der Waals surface area contributed by atoms with Gasteiger partial charge in [-0.3, -0.25) is 9.69 Å². The Labute approximate surface area is 112 Å². The van der Waals surface area contributed by atoms with Gasteiger partial charge in [0.2, 0.25) is 0 Å². The van der Waals surface area contributed by atoms with Crippen molar-refractivity contribution in [2.24, 2.45) is 0 Å². The van der Waals surface area contributed by atoms with E-state index in [0.29, 0.717) is 12.6 Å². The SMILES string of the molecule is CCN(CCC(=O)O)C1CCSc2ccccc21. The zero-order valence-electron chi connectivity index (χ0n) is 10.6. The predicted molar refractivity (Wildman–Crippen MR) is 74.0 cm³/mol. The molecule has 1 aromatic carbocycles. The van der Waals surface area contributed by atoms with E-state index in [2.05, 4.69) is 36.1 Å². The Morgan fingerprint density at radius 3 is 3.00 bits per heavy atom. The van der Waals surface area contributed by atoms with Gasteiger partial charge in [-0.25, -0.2) is 0 Å². The minimum absolute atomic E-state index is 0.222. The van der Waals surface area contributed by atoms with Gasteiger partial charge < -0.3 is 5.11 Å². The fraction of sp³-hybridized carbons (Fsp3) is 0.500. The van der Waals surface area contributed by atoms with Crippen LogP contribution < -0.4 is 0 Å². The molecule has 1 atom stereocenters. The number of fused-ring (bicyclic) bond motifs is 1. The molecule has 0 radical (unpaired) electrons. The van der Waals surface area contributed by atoms with E-state index >= 15 is 0 Å². The monoisotopic (exact) mass is 265 g/mol. The van der Waals surface area contributed by atoms with E-state index < -0.39 is 5.97 Å². The number of thioether (sulfide) groups is 1. The lowest BCUT2D eigenvalue weighted by atomic mass is 10.0. The normalized spacial score (nSPS) is 18.7. The first-order valence-electron chi connectivity index (χ1n) is 6.40. The number of aliphatic carboxylic acids is 1. The molecule has 1 aliphatic rings. The van der Waals surface area contributed by atoms with Crippen molar-refractivity contribution in [2.75, 3.05) is 18.8 Å². The van der Waals surface area contributed by atoms with Gasteiger partial charge in [0.05, 0.1) is 6.42 Å². The smallest absolute Gasteiger partial charge is 0.304 e. The molecule has 18 heavy (non-hydrogen) atoms. The van der Waals surface area contributed by atoms with Gasteiger partial charge in [-0.2, -0.15) is 0 Å². The van der Waals surface area contributed by atoms with Gasteiger partial charge in [0.15, 0.2) is 0 Å². The largest absolute Gasteiger partial charge is 0.481 e. The maximum atomic E-state index is 10.7. The molecular weight excluding hydrogens is 246 g/mol. The summed E-state index contributed by atoms with van der Waals surface area (Å²) in [5.74, 6) is 0.401. The summed E-state index contributed by atoms with van der Waals surface area (Å²) in [5, 5.41) is 8.82. The summed E-state index contributed by atoms with van der Waals surface area (Å²) >= 11 is 1.90. The Bertz CT molecular complexity index is 422. The first kappa shape index (κ1) is 13.4. The number of nitrogens with zero attached hydrogens (tertiary/aromatic N) is 1. The number of rotatable bonds is 5. The van der Waals surface area contributed by atoms with Crippen molar-refractivity contribution in [2.45, 2.75) is 30.7 Å². The number of hydrogen-bond acceptors (Lipinski definition) is 3. The van der Waals surface area contributed by atoms with Gasteiger partial charge in [-0.05, 0) is 30.3 Å². The zero-order chi connectivity index (χ0) is 13.0. The Hall–Kier alpha value is -1.00. The fourth-order valence-corrected chi connectivity index (χ4v) is 3.58. The molecule has 2 rings (SSSR count). The average molecular weight is 265 g/mol. The summed E-state index contributed by atoms with van der Waals surface area (Å²) in [6.07, 6.45) is 1.33. The molecule has 3 nitrogen and oxygen atoms in total. The van der Waals surface area contributed by atoms with Crippen LogP contribution in [0.2, 0.25) is 0 Å². The third kappa shape index (κ3) is 3.06. The molecule has 1 aromatic rings. The minimum Gasteiger partial charge on any atom is -0.481 e. The average Bonchev–Trinajstić information content (AvgIpc) is 2.39. The van der Waals surface area contributed by atoms with Gasteiger partial charge in [-0.1, -0.05) is 25.1 Å². The van der Waals surface area contributed by atoms with Crippen LogP contribution in [0.4, 0.5) is 0 Å². The number of hydrogen-bond donors (Lipinski definition) is 1. The molecule has 1 heterocycles. The first-order valence-corrected chi connectivity index (χ1v) is 7.38. The summed E-state index contributed by atoms with van der Waals surface area (Å²) in [5.41, 5.74) is 1.36. The van der Waals surface area contributed by atoms with Crippen molar-refractivity contribution < 1.29 is 9.90 Å². The van der Waals surface area contributed by atoms with Crippen LogP contribution in [0.1, 0.15) is 31.4 Å². The molecule has 4 heteroatoms. The van der Waals surface area contributed by atoms with Crippen molar-refractivity contribution in [1.82, 2.24) is 4.90 Å². The number of carboxylic acid groups (broad SMARTS) is 1. The standard InChI is InChI=1S/C14H19NO2S/c1-2-15(9-7-14(16)17)12-8-10-18-13-6-4-3-5-11(12)13/h3-6,12H,2,7-10H2,1H3,(H,16,17). The second-order valence-corrected chi connectivity index (χ2v) is 5.60. The van der Waals surface area contributed by atoms with Gasteiger partial charge >= 0.3 is 5.97 Å². The van der Waals surface area contributed by atoms with E-state index in [9.17, 15) is 4.79 Å². The Morgan fingerprint density at radius 2 is 2.28 bits per heavy atom. The molecule has 0 fully saturated rings. The number of benzene rings is 1. The predicted octanol–water partition coefficient (Wildman–Crippen LogP) is 3.02. The molecule has 0 bridgehead atoms. The van der Waals surface area contributed by atoms with Crippen LogP contribution in [-0.4, -0.2) is 34.8 Å². The second kappa shape index (κ2) is 6.25. The van der Waals surface area contributed by atoms with Crippen LogP contribution in [0.3, 0.4) is 0 Å². The third-order valence-electron chi connectivity index (χ3n) is 3.39. The molecule has 0 amide bonds. The second-order valence-electron chi connectivity index (χ2n) is 4.46. The summed E-state index contributed by atoms with van der Waals surface area (Å²) in [6, 6.07) is 8.86. The lowest BCUT2D eigenvalue weighted by Crippen LogP contribution is -2.32. The van der Waals surface area contributed by atoms with Gasteiger partial charge in [-0.15, -0.1) is 11.8 Å². The van der Waals surface area contributed by atoms with E-state index in [4.69, 9.17) is 5.11 Å². The van der Waals surface area contributed by atoms with Gasteiger partial charge in [0, 0.05) is 17.5 Å². The summed E-state index contributed by atoms with van der Waals surface area (Å²) in [6.45, 7) is 3.64. The van der Waals surface area contributed by atoms with Gasteiger partial charge in [0.25, 0.3) is 0 Å². The van der Waals surface area contributed by atoms with Crippen molar-refractivity contribution >= 4 is 17.7 Å². The third-order valence-corrected chi connectivity index (χ3v) is 4.51. The Morgan fingerprint density at radius 1 is 1.50 bits per heavy atom. The lowest BCUT2D eigenvalue weighted by molar-refractivity contribution is -0.137. The molecule has 1 aliphatic heterocycles. The molecule has 1 N–H and O–H groups in total. The maximum Gasteiger partial charge on any atom is 0.304 e. The molecule has 0 spiro atoms. The first-order chi connectivity index (χ1) is 8.72. The highest BCUT2D eigenvalue weighted by atomic mass is 32.2. The van der Waals surface area contributed by atoms with E-state index in [1.54, 1.807) is 0 Å². The number of carbonyl (C=O) groups is 1. The summed E-state index contributed by atoms with van der Waals surface area (Å²) in [4.78, 5) is 14.4. The van der Waals surface area contributed by atoms with E-state index in [0.717, 1.165) is 18.7 Å². The van der Waals surface area contributed by atoms with Gasteiger partial charge in [0.1, 0.15) is 0 Å². The Balaban J connectivity index is 2.14. The minimum atomic E-state index is -0.716. The molecule has 0 aromatic heterocycles. The highest BCUT2D eigenvalue weighted by Crippen LogP contribution is 2.39. The van der Waals surface area contributed by atoms with Crippen LogP contribution in [0.15, 0.2) is 29.2 Å². The van der Waals surface area contributed by atoms with Crippen LogP contribution in [0, 0.1) is 0 Å². The van der Waals surface area contributed by atoms with E-state index in [-0.39, 0.29) is 6.42 Å². The fourth-order valence-electron chi connectivity index (χ4n) is 2.48. The summed E-state index contributed by atoms with van der Waals surface area (Å²) in [7, 11) is 0. The molecule has 98 valence electrons. The quantitative estimate of drug-likeness (QED) is 0.888. The maximum absolute atomic E-state index is 10.7. The van der Waals surface area contributed by atoms with Crippen molar-refractivity contribution in [1.29, 1.82) is 0 Å². The topological polar surface area (TPSA) is 40.5 Å².